The number of hydrogen-bond donors (Lipinski definition) is 1. The normalized spacial score (nSPS) is 13.4. The number of methoxy groups -OCH3 is 2. The fourth-order valence-electron chi connectivity index (χ4n) is 0.518. The summed E-state index contributed by atoms with van der Waals surface area (Å²) >= 11 is -2.33. The number of nitrogens with zero attached hydrogens (tertiary/aromatic N) is 1. The molecule has 0 saturated heterocycles. The van der Waals surface area contributed by atoms with Crippen LogP contribution in [-0.2, 0) is 30.4 Å². The lowest BCUT2D eigenvalue weighted by Gasteiger charge is -2.15. The van der Waals surface area contributed by atoms with Gasteiger partial charge in [-0.3, -0.25) is 14.2 Å². The van der Waals surface area contributed by atoms with Gasteiger partial charge in [0, 0.05) is 14.2 Å². The van der Waals surface area contributed by atoms with Crippen LogP contribution in [0.5, 0.6) is 0 Å². The highest BCUT2D eigenvalue weighted by Gasteiger charge is 2.12. The zero-order valence-corrected chi connectivity index (χ0v) is 8.99. The standard InChI is InChI=1S/C6H15NO6S/c1-10-3-5-12-7(14(8)9)13-6-4-11-2/h3-6H2,1-2H3,(H,8,9). The summed E-state index contributed by atoms with van der Waals surface area (Å²) in [7, 11) is 2.99. The summed E-state index contributed by atoms with van der Waals surface area (Å²) in [6.45, 7) is 0.883. The average molecular weight is 229 g/mol. The van der Waals surface area contributed by atoms with E-state index in [0.29, 0.717) is 17.8 Å². The van der Waals surface area contributed by atoms with Crippen molar-refractivity contribution in [3.8, 4) is 0 Å². The fourth-order valence-corrected chi connectivity index (χ4v) is 0.847. The number of rotatable bonds is 9. The molecular formula is C6H15NO6S. The molecule has 8 heteroatoms. The van der Waals surface area contributed by atoms with Crippen molar-refractivity contribution in [3.63, 3.8) is 0 Å². The van der Waals surface area contributed by atoms with Gasteiger partial charge in [0.05, 0.1) is 31.1 Å². The first-order valence-corrected chi connectivity index (χ1v) is 4.93. The topological polar surface area (TPSA) is 77.5 Å². The Morgan fingerprint density at radius 3 is 1.79 bits per heavy atom. The van der Waals surface area contributed by atoms with Crippen molar-refractivity contribution in [2.45, 2.75) is 0 Å². The van der Waals surface area contributed by atoms with Crippen molar-refractivity contribution >= 4 is 11.3 Å². The highest BCUT2D eigenvalue weighted by molar-refractivity contribution is 7.76. The molecule has 0 fully saturated rings. The van der Waals surface area contributed by atoms with E-state index in [1.807, 2.05) is 0 Å². The molecule has 0 bridgehead atoms. The third-order valence-electron chi connectivity index (χ3n) is 1.10. The Kier molecular flexibility index (Phi) is 9.40. The van der Waals surface area contributed by atoms with Crippen molar-refractivity contribution < 1.29 is 27.9 Å². The van der Waals surface area contributed by atoms with Gasteiger partial charge in [-0.25, -0.2) is 4.21 Å². The highest BCUT2D eigenvalue weighted by Crippen LogP contribution is 1.95. The van der Waals surface area contributed by atoms with Gasteiger partial charge in [0.2, 0.25) is 0 Å². The van der Waals surface area contributed by atoms with Crippen LogP contribution >= 0.6 is 0 Å². The van der Waals surface area contributed by atoms with E-state index in [9.17, 15) is 4.21 Å². The monoisotopic (exact) mass is 229 g/mol. The molecule has 86 valence electrons. The molecule has 0 heterocycles. The van der Waals surface area contributed by atoms with E-state index in [2.05, 4.69) is 9.47 Å². The van der Waals surface area contributed by atoms with Crippen LogP contribution in [0.25, 0.3) is 0 Å². The SMILES string of the molecule is COCCON(OCCOC)S(=O)O. The molecule has 0 rings (SSSR count). The zero-order chi connectivity index (χ0) is 10.8. The molecule has 0 aliphatic carbocycles. The molecule has 1 unspecified atom stereocenters. The molecule has 0 spiro atoms. The second kappa shape index (κ2) is 9.46. The Balaban J connectivity index is 3.61. The van der Waals surface area contributed by atoms with E-state index in [1.54, 1.807) is 0 Å². The largest absolute Gasteiger partial charge is 0.382 e. The van der Waals surface area contributed by atoms with Gasteiger partial charge in [-0.1, -0.05) is 0 Å². The summed E-state index contributed by atoms with van der Waals surface area (Å²) in [5.41, 5.74) is 0. The van der Waals surface area contributed by atoms with Crippen molar-refractivity contribution in [2.75, 3.05) is 40.6 Å². The molecule has 0 aliphatic rings. The first-order valence-electron chi connectivity index (χ1n) is 3.87. The number of hydrogen-bond acceptors (Lipinski definition) is 5. The third kappa shape index (κ3) is 7.33. The molecule has 7 nitrogen and oxygen atoms in total. The Labute approximate surface area is 85.2 Å². The van der Waals surface area contributed by atoms with E-state index in [4.69, 9.17) is 14.2 Å². The minimum absolute atomic E-state index is 0.135. The summed E-state index contributed by atoms with van der Waals surface area (Å²) in [6, 6.07) is 0. The molecular weight excluding hydrogens is 214 g/mol. The van der Waals surface area contributed by atoms with Gasteiger partial charge in [0.15, 0.2) is 0 Å². The maximum atomic E-state index is 10.6. The Morgan fingerprint density at radius 2 is 1.50 bits per heavy atom. The predicted octanol–water partition coefficient (Wildman–Crippen LogP) is -0.419. The highest BCUT2D eigenvalue weighted by atomic mass is 32.2. The predicted molar refractivity (Wildman–Crippen MR) is 48.3 cm³/mol. The Morgan fingerprint density at radius 1 is 1.07 bits per heavy atom. The van der Waals surface area contributed by atoms with Crippen molar-refractivity contribution in [2.24, 2.45) is 0 Å². The molecule has 0 aliphatic heterocycles. The lowest BCUT2D eigenvalue weighted by molar-refractivity contribution is -0.306. The molecule has 0 radical (unpaired) electrons. The summed E-state index contributed by atoms with van der Waals surface area (Å²) in [6.07, 6.45) is 0. The van der Waals surface area contributed by atoms with Crippen LogP contribution in [0, 0.1) is 0 Å². The first-order chi connectivity index (χ1) is 6.72. The minimum Gasteiger partial charge on any atom is -0.382 e. The molecule has 1 atom stereocenters. The zero-order valence-electron chi connectivity index (χ0n) is 8.17. The van der Waals surface area contributed by atoms with Gasteiger partial charge < -0.3 is 9.47 Å². The molecule has 0 saturated carbocycles. The van der Waals surface area contributed by atoms with Gasteiger partial charge in [-0.2, -0.15) is 0 Å². The van der Waals surface area contributed by atoms with Gasteiger partial charge in [0.25, 0.3) is 11.3 Å². The first kappa shape index (κ1) is 13.9. The van der Waals surface area contributed by atoms with Gasteiger partial charge in [-0.15, -0.1) is 0 Å². The van der Waals surface area contributed by atoms with Crippen LogP contribution < -0.4 is 0 Å². The Hall–Kier alpha value is -0.0900. The summed E-state index contributed by atoms with van der Waals surface area (Å²) in [4.78, 5) is 9.54. The second-order valence-corrected chi connectivity index (χ2v) is 2.87. The molecule has 14 heavy (non-hydrogen) atoms. The van der Waals surface area contributed by atoms with Crippen LogP contribution in [0.2, 0.25) is 0 Å². The molecule has 0 aromatic heterocycles. The van der Waals surface area contributed by atoms with E-state index in [-0.39, 0.29) is 13.2 Å². The fraction of sp³-hybridized carbons (Fsp3) is 1.00. The quantitative estimate of drug-likeness (QED) is 0.329. The van der Waals surface area contributed by atoms with E-state index >= 15 is 0 Å². The maximum absolute atomic E-state index is 10.6. The maximum Gasteiger partial charge on any atom is 0.285 e. The van der Waals surface area contributed by atoms with Crippen LogP contribution in [0.4, 0.5) is 0 Å². The minimum atomic E-state index is -2.33. The van der Waals surface area contributed by atoms with E-state index < -0.39 is 11.3 Å². The van der Waals surface area contributed by atoms with Crippen LogP contribution in [-0.4, -0.2) is 54.0 Å². The summed E-state index contributed by atoms with van der Waals surface area (Å²) in [5.74, 6) is 0. The molecule has 0 amide bonds. The Bertz CT molecular complexity index is 147. The van der Waals surface area contributed by atoms with Crippen LogP contribution in [0.1, 0.15) is 0 Å². The third-order valence-corrected chi connectivity index (χ3v) is 1.56. The van der Waals surface area contributed by atoms with Crippen molar-refractivity contribution in [3.05, 3.63) is 0 Å². The second-order valence-electron chi connectivity index (χ2n) is 2.11. The lowest BCUT2D eigenvalue weighted by atomic mass is 10.8. The molecule has 0 aromatic rings. The van der Waals surface area contributed by atoms with Crippen LogP contribution in [0.15, 0.2) is 0 Å². The smallest absolute Gasteiger partial charge is 0.285 e. The van der Waals surface area contributed by atoms with Gasteiger partial charge in [-0.05, 0) is 0 Å². The van der Waals surface area contributed by atoms with Gasteiger partial charge >= 0.3 is 0 Å². The number of ether oxygens (including phenoxy) is 2. The van der Waals surface area contributed by atoms with E-state index in [0.717, 1.165) is 0 Å². The average Bonchev–Trinajstić information content (AvgIpc) is 2.15. The van der Waals surface area contributed by atoms with Crippen molar-refractivity contribution in [1.29, 1.82) is 0 Å². The van der Waals surface area contributed by atoms with Crippen molar-refractivity contribution in [1.82, 2.24) is 4.63 Å². The van der Waals surface area contributed by atoms with E-state index in [1.165, 1.54) is 14.2 Å². The lowest BCUT2D eigenvalue weighted by Crippen LogP contribution is -2.29. The van der Waals surface area contributed by atoms with Crippen LogP contribution in [0.3, 0.4) is 0 Å². The summed E-state index contributed by atoms with van der Waals surface area (Å²) < 4.78 is 29.1. The summed E-state index contributed by atoms with van der Waals surface area (Å²) in [5, 5.41) is 0. The molecule has 1 N–H and O–H groups in total. The van der Waals surface area contributed by atoms with Gasteiger partial charge in [0.1, 0.15) is 0 Å². The molecule has 0 aromatic carbocycles.